The van der Waals surface area contributed by atoms with E-state index in [2.05, 4.69) is 43.9 Å². The van der Waals surface area contributed by atoms with Crippen LogP contribution in [0.4, 0.5) is 11.6 Å². The van der Waals surface area contributed by atoms with Crippen molar-refractivity contribution >= 4 is 29.3 Å². The van der Waals surface area contributed by atoms with Gasteiger partial charge in [-0.3, -0.25) is 14.0 Å². The topological polar surface area (TPSA) is 90.1 Å². The molecule has 0 bridgehead atoms. The Kier molecular flexibility index (Phi) is 6.84. The molecule has 1 aliphatic heterocycles. The minimum atomic E-state index is -0.318. The van der Waals surface area contributed by atoms with Crippen molar-refractivity contribution in [3.8, 4) is 0 Å². The third kappa shape index (κ3) is 4.92. The van der Waals surface area contributed by atoms with E-state index in [1.807, 2.05) is 27.8 Å². The van der Waals surface area contributed by atoms with Gasteiger partial charge >= 0.3 is 0 Å². The molecule has 0 aromatic carbocycles. The Morgan fingerprint density at radius 2 is 1.90 bits per heavy atom. The van der Waals surface area contributed by atoms with Gasteiger partial charge in [-0.1, -0.05) is 25.6 Å². The molecule has 2 aromatic rings. The first-order valence-corrected chi connectivity index (χ1v) is 10.9. The lowest BCUT2D eigenvalue weighted by Crippen LogP contribution is -2.38. The lowest BCUT2D eigenvalue weighted by atomic mass is 10.2. The number of nitrogens with zero attached hydrogens (tertiary/aromatic N) is 6. The van der Waals surface area contributed by atoms with E-state index in [4.69, 9.17) is 4.74 Å². The lowest BCUT2D eigenvalue weighted by molar-refractivity contribution is -0.115. The Morgan fingerprint density at radius 1 is 1.21 bits per heavy atom. The van der Waals surface area contributed by atoms with Gasteiger partial charge in [0.25, 0.3) is 0 Å². The Bertz CT molecular complexity index is 855. The smallest absolute Gasteiger partial charge is 0.237 e. The van der Waals surface area contributed by atoms with Crippen molar-refractivity contribution < 1.29 is 9.53 Å². The molecule has 1 atom stereocenters. The van der Waals surface area contributed by atoms with E-state index in [1.54, 1.807) is 4.68 Å². The summed E-state index contributed by atoms with van der Waals surface area (Å²) < 4.78 is 9.36. The maximum absolute atomic E-state index is 12.8. The number of nitrogens with one attached hydrogen (secondary N) is 1. The monoisotopic (exact) mass is 421 g/mol. The molecule has 160 valence electrons. The maximum atomic E-state index is 12.8. The minimum Gasteiger partial charge on any atom is -0.378 e. The Hall–Kier alpha value is -2.07. The highest BCUT2D eigenvalue weighted by atomic mass is 32.2. The zero-order valence-corrected chi connectivity index (χ0v) is 18.9. The molecule has 3 rings (SSSR count). The van der Waals surface area contributed by atoms with Crippen molar-refractivity contribution in [1.82, 2.24) is 24.5 Å². The molecule has 0 unspecified atom stereocenters. The van der Waals surface area contributed by atoms with Gasteiger partial charge in [-0.15, -0.1) is 10.2 Å². The highest BCUT2D eigenvalue weighted by Crippen LogP contribution is 2.28. The molecule has 10 heteroatoms. The number of carbonyl (C=O) groups excluding carboxylic acids is 1. The normalized spacial score (nSPS) is 15.8. The zero-order chi connectivity index (χ0) is 21.1. The van der Waals surface area contributed by atoms with Crippen molar-refractivity contribution in [1.29, 1.82) is 0 Å². The minimum absolute atomic E-state index is 0.0683. The van der Waals surface area contributed by atoms with E-state index in [-0.39, 0.29) is 11.2 Å². The van der Waals surface area contributed by atoms with Crippen molar-refractivity contribution in [3.63, 3.8) is 0 Å². The highest BCUT2D eigenvalue weighted by Gasteiger charge is 2.25. The van der Waals surface area contributed by atoms with Gasteiger partial charge in [-0.25, -0.2) is 0 Å². The molecule has 1 saturated heterocycles. The van der Waals surface area contributed by atoms with E-state index >= 15 is 0 Å². The average molecular weight is 422 g/mol. The number of aryl methyl sites for hydroxylation is 2. The number of anilines is 2. The number of hydrogen-bond donors (Lipinski definition) is 1. The molecule has 3 heterocycles. The van der Waals surface area contributed by atoms with Gasteiger partial charge in [0.05, 0.1) is 35.5 Å². The molecule has 1 N–H and O–H groups in total. The molecule has 0 radical (unpaired) electrons. The fraction of sp³-hybridized carbons (Fsp3) is 0.684. The van der Waals surface area contributed by atoms with Crippen LogP contribution in [0, 0.1) is 19.8 Å². The zero-order valence-electron chi connectivity index (χ0n) is 18.1. The summed E-state index contributed by atoms with van der Waals surface area (Å²) >= 11 is 1.44. The van der Waals surface area contributed by atoms with Crippen molar-refractivity contribution in [3.05, 3.63) is 11.4 Å². The van der Waals surface area contributed by atoms with Crippen LogP contribution in [-0.4, -0.2) is 62.0 Å². The third-order valence-corrected chi connectivity index (χ3v) is 6.03. The third-order valence-electron chi connectivity index (χ3n) is 4.95. The van der Waals surface area contributed by atoms with Crippen molar-refractivity contribution in [2.45, 2.75) is 51.6 Å². The van der Waals surface area contributed by atoms with Crippen LogP contribution < -0.4 is 10.2 Å². The number of carbonyl (C=O) groups is 1. The summed E-state index contributed by atoms with van der Waals surface area (Å²) in [4.78, 5) is 15.0. The standard InChI is InChI=1S/C19H31N7O2S/c1-12(2)11-26-18(25-7-9-28-10-8-25)21-22-19(26)29-15(5)17(27)20-16-13(3)23-24(6)14(16)4/h12,15H,7-11H2,1-6H3,(H,20,27)/t15-/m1/s1. The number of aromatic nitrogens is 5. The predicted octanol–water partition coefficient (Wildman–Crippen LogP) is 2.24. The summed E-state index contributed by atoms with van der Waals surface area (Å²) in [5, 5.41) is 16.7. The van der Waals surface area contributed by atoms with E-state index < -0.39 is 0 Å². The maximum Gasteiger partial charge on any atom is 0.237 e. The van der Waals surface area contributed by atoms with Crippen LogP contribution in [0.25, 0.3) is 0 Å². The molecule has 0 saturated carbocycles. The number of rotatable bonds is 7. The van der Waals surface area contributed by atoms with Gasteiger partial charge in [0, 0.05) is 26.7 Å². The number of hydrogen-bond acceptors (Lipinski definition) is 7. The van der Waals surface area contributed by atoms with Crippen molar-refractivity contribution in [2.75, 3.05) is 36.5 Å². The van der Waals surface area contributed by atoms with Gasteiger partial charge in [0.1, 0.15) is 0 Å². The summed E-state index contributed by atoms with van der Waals surface area (Å²) in [7, 11) is 1.87. The lowest BCUT2D eigenvalue weighted by Gasteiger charge is -2.28. The van der Waals surface area contributed by atoms with E-state index in [1.165, 1.54) is 11.8 Å². The quantitative estimate of drug-likeness (QED) is 0.686. The first-order chi connectivity index (χ1) is 13.8. The fourth-order valence-electron chi connectivity index (χ4n) is 3.28. The van der Waals surface area contributed by atoms with E-state index in [0.29, 0.717) is 19.1 Å². The second-order valence-electron chi connectivity index (χ2n) is 7.81. The molecule has 0 spiro atoms. The van der Waals surface area contributed by atoms with Gasteiger partial charge < -0.3 is 15.0 Å². The SMILES string of the molecule is Cc1nn(C)c(C)c1NC(=O)[C@@H](C)Sc1nnc(N2CCOCC2)n1CC(C)C. The highest BCUT2D eigenvalue weighted by molar-refractivity contribution is 8.00. The first-order valence-electron chi connectivity index (χ1n) is 10.0. The summed E-state index contributed by atoms with van der Waals surface area (Å²) in [6.45, 7) is 13.9. The Morgan fingerprint density at radius 3 is 2.48 bits per heavy atom. The van der Waals surface area contributed by atoms with E-state index in [0.717, 1.165) is 47.8 Å². The number of ether oxygens (including phenoxy) is 1. The Labute approximate surface area is 176 Å². The molecular formula is C19H31N7O2S. The molecule has 2 aromatic heterocycles. The van der Waals surface area contributed by atoms with Crippen LogP contribution in [-0.2, 0) is 23.1 Å². The predicted molar refractivity (Wildman–Crippen MR) is 115 cm³/mol. The van der Waals surface area contributed by atoms with Crippen LogP contribution in [0.1, 0.15) is 32.2 Å². The van der Waals surface area contributed by atoms with Crippen LogP contribution in [0.3, 0.4) is 0 Å². The molecular weight excluding hydrogens is 390 g/mol. The van der Waals surface area contributed by atoms with E-state index in [9.17, 15) is 4.79 Å². The average Bonchev–Trinajstić information content (AvgIpc) is 3.17. The Balaban J connectivity index is 1.75. The van der Waals surface area contributed by atoms with Crippen LogP contribution in [0.2, 0.25) is 0 Å². The summed E-state index contributed by atoms with van der Waals surface area (Å²) in [6.07, 6.45) is 0. The molecule has 29 heavy (non-hydrogen) atoms. The summed E-state index contributed by atoms with van der Waals surface area (Å²) in [6, 6.07) is 0. The van der Waals surface area contributed by atoms with Crippen LogP contribution in [0.5, 0.6) is 0 Å². The van der Waals surface area contributed by atoms with Gasteiger partial charge in [-0.2, -0.15) is 5.10 Å². The fourth-order valence-corrected chi connectivity index (χ4v) is 4.13. The first kappa shape index (κ1) is 21.6. The van der Waals surface area contributed by atoms with Crippen molar-refractivity contribution in [2.24, 2.45) is 13.0 Å². The molecule has 1 aliphatic rings. The molecule has 0 aliphatic carbocycles. The van der Waals surface area contributed by atoms with Gasteiger partial charge in [-0.05, 0) is 26.7 Å². The largest absolute Gasteiger partial charge is 0.378 e. The second-order valence-corrected chi connectivity index (χ2v) is 9.11. The number of amides is 1. The summed E-state index contributed by atoms with van der Waals surface area (Å²) in [5.74, 6) is 1.23. The molecule has 1 fully saturated rings. The van der Waals surface area contributed by atoms with Gasteiger partial charge in [0.15, 0.2) is 5.16 Å². The molecule has 9 nitrogen and oxygen atoms in total. The second kappa shape index (κ2) is 9.17. The van der Waals surface area contributed by atoms with Gasteiger partial charge in [0.2, 0.25) is 11.9 Å². The number of thioether (sulfide) groups is 1. The van der Waals surface area contributed by atoms with Crippen LogP contribution >= 0.6 is 11.8 Å². The van der Waals surface area contributed by atoms with Crippen LogP contribution in [0.15, 0.2) is 5.16 Å². The summed E-state index contributed by atoms with van der Waals surface area (Å²) in [5.41, 5.74) is 2.53. The number of morpholine rings is 1. The molecule has 1 amide bonds.